The van der Waals surface area contributed by atoms with Crippen molar-refractivity contribution in [3.05, 3.63) is 24.3 Å². The summed E-state index contributed by atoms with van der Waals surface area (Å²) in [5.41, 5.74) is 5.76. The van der Waals surface area contributed by atoms with E-state index in [2.05, 4.69) is 10.6 Å². The summed E-state index contributed by atoms with van der Waals surface area (Å²) in [4.78, 5) is 33.0. The van der Waals surface area contributed by atoms with Gasteiger partial charge in [-0.25, -0.2) is 4.79 Å². The Bertz CT molecular complexity index is 459. The minimum atomic E-state index is -0.909. The van der Waals surface area contributed by atoms with Crippen molar-refractivity contribution in [3.8, 4) is 5.75 Å². The Kier molecular flexibility index (Phi) is 5.49. The van der Waals surface area contributed by atoms with Crippen LogP contribution in [0.4, 0.5) is 10.5 Å². The Labute approximate surface area is 110 Å². The molecular formula is C12H15N3O4. The summed E-state index contributed by atoms with van der Waals surface area (Å²) in [6.45, 7) is 0. The van der Waals surface area contributed by atoms with Gasteiger partial charge in [0.15, 0.2) is 0 Å². The normalized spacial score (nSPS) is 11.3. The predicted octanol–water partition coefficient (Wildman–Crippen LogP) is 0.260. The molecule has 7 nitrogen and oxygen atoms in total. The number of carbonyl (C=O) groups excluding carboxylic acids is 3. The van der Waals surface area contributed by atoms with Gasteiger partial charge in [0.2, 0.25) is 5.91 Å². The maximum atomic E-state index is 11.4. The van der Waals surface area contributed by atoms with Gasteiger partial charge in [0.05, 0.1) is 13.2 Å². The summed E-state index contributed by atoms with van der Waals surface area (Å²) in [6.07, 6.45) is 0.209. The zero-order valence-electron chi connectivity index (χ0n) is 10.4. The lowest BCUT2D eigenvalue weighted by Crippen LogP contribution is -2.38. The molecule has 0 aromatic heterocycles. The van der Waals surface area contributed by atoms with Crippen molar-refractivity contribution >= 4 is 23.9 Å². The molecule has 4 N–H and O–H groups in total. The molecule has 0 fully saturated rings. The smallest absolute Gasteiger partial charge is 0.325 e. The maximum Gasteiger partial charge on any atom is 0.325 e. The van der Waals surface area contributed by atoms with Crippen molar-refractivity contribution in [1.82, 2.24) is 5.32 Å². The molecule has 3 amide bonds. The quantitative estimate of drug-likeness (QED) is 0.661. The summed E-state index contributed by atoms with van der Waals surface area (Å²) < 4.78 is 4.97. The van der Waals surface area contributed by atoms with Crippen LogP contribution in [0.5, 0.6) is 5.75 Å². The number of amides is 3. The molecule has 19 heavy (non-hydrogen) atoms. The first-order chi connectivity index (χ1) is 9.05. The van der Waals surface area contributed by atoms with E-state index in [9.17, 15) is 14.4 Å². The molecule has 7 heteroatoms. The number of imide groups is 1. The van der Waals surface area contributed by atoms with Crippen LogP contribution in [0.2, 0.25) is 0 Å². The van der Waals surface area contributed by atoms with Crippen molar-refractivity contribution in [2.24, 2.45) is 5.73 Å². The number of hydrogen-bond donors (Lipinski definition) is 3. The van der Waals surface area contributed by atoms with Gasteiger partial charge in [0.1, 0.15) is 12.0 Å². The first-order valence-electron chi connectivity index (χ1n) is 5.51. The highest BCUT2D eigenvalue weighted by atomic mass is 16.5. The molecule has 0 aliphatic carbocycles. The molecular weight excluding hydrogens is 250 g/mol. The van der Waals surface area contributed by atoms with Crippen LogP contribution in [-0.2, 0) is 9.59 Å². The fraction of sp³-hybridized carbons (Fsp3) is 0.250. The minimum absolute atomic E-state index is 0.237. The fourth-order valence-corrected chi connectivity index (χ4v) is 1.28. The Morgan fingerprint density at radius 2 is 2.00 bits per heavy atom. The zero-order chi connectivity index (χ0) is 14.3. The number of urea groups is 1. The van der Waals surface area contributed by atoms with Crippen molar-refractivity contribution < 1.29 is 19.1 Å². The standard InChI is InChI=1S/C12H15N3O4/c1-19-10-4-2-9(3-5-10)14-12(18)15-11(17)6-8(13)7-16/h2-5,7-8H,6,13H2,1H3,(H2,14,15,17,18)/t8-/m0/s1. The summed E-state index contributed by atoms with van der Waals surface area (Å²) in [5, 5.41) is 4.52. The SMILES string of the molecule is COc1ccc(NC(=O)NC(=O)C[C@H](N)C=O)cc1. The lowest BCUT2D eigenvalue weighted by Gasteiger charge is -2.08. The van der Waals surface area contributed by atoms with Crippen LogP contribution >= 0.6 is 0 Å². The second kappa shape index (κ2) is 7.12. The maximum absolute atomic E-state index is 11.4. The van der Waals surface area contributed by atoms with Crippen LogP contribution in [0, 0.1) is 0 Å². The largest absolute Gasteiger partial charge is 0.497 e. The molecule has 1 rings (SSSR count). The third-order valence-corrected chi connectivity index (χ3v) is 2.20. The molecule has 1 atom stereocenters. The van der Waals surface area contributed by atoms with E-state index >= 15 is 0 Å². The van der Waals surface area contributed by atoms with Crippen LogP contribution in [0.25, 0.3) is 0 Å². The summed E-state index contributed by atoms with van der Waals surface area (Å²) >= 11 is 0. The molecule has 1 aromatic carbocycles. The number of hydrogen-bond acceptors (Lipinski definition) is 5. The molecule has 0 bridgehead atoms. The van der Waals surface area contributed by atoms with Gasteiger partial charge in [0.25, 0.3) is 0 Å². The molecule has 0 unspecified atom stereocenters. The third-order valence-electron chi connectivity index (χ3n) is 2.20. The molecule has 0 spiro atoms. The van der Waals surface area contributed by atoms with E-state index < -0.39 is 18.0 Å². The molecule has 0 saturated carbocycles. The van der Waals surface area contributed by atoms with Crippen LogP contribution < -0.4 is 21.1 Å². The van der Waals surface area contributed by atoms with Crippen molar-refractivity contribution in [1.29, 1.82) is 0 Å². The first kappa shape index (κ1) is 14.7. The summed E-state index contributed by atoms with van der Waals surface area (Å²) in [6, 6.07) is 4.99. The topological polar surface area (TPSA) is 111 Å². The summed E-state index contributed by atoms with van der Waals surface area (Å²) in [5.74, 6) is 0.0320. The number of benzene rings is 1. The highest BCUT2D eigenvalue weighted by Crippen LogP contribution is 2.14. The fourth-order valence-electron chi connectivity index (χ4n) is 1.28. The Morgan fingerprint density at radius 3 is 2.53 bits per heavy atom. The van der Waals surface area contributed by atoms with Crippen molar-refractivity contribution in [3.63, 3.8) is 0 Å². The lowest BCUT2D eigenvalue weighted by atomic mass is 10.2. The number of rotatable bonds is 5. The van der Waals surface area contributed by atoms with Gasteiger partial charge in [-0.3, -0.25) is 10.1 Å². The van der Waals surface area contributed by atoms with Crippen LogP contribution in [0.1, 0.15) is 6.42 Å². The molecule has 102 valence electrons. The van der Waals surface area contributed by atoms with E-state index in [1.807, 2.05) is 0 Å². The van der Waals surface area contributed by atoms with Gasteiger partial charge < -0.3 is 20.6 Å². The van der Waals surface area contributed by atoms with Gasteiger partial charge in [0, 0.05) is 12.1 Å². The van der Waals surface area contributed by atoms with Crippen LogP contribution in [0.15, 0.2) is 24.3 Å². The average Bonchev–Trinajstić information content (AvgIpc) is 2.39. The van der Waals surface area contributed by atoms with E-state index in [4.69, 9.17) is 10.5 Å². The zero-order valence-corrected chi connectivity index (χ0v) is 10.4. The van der Waals surface area contributed by atoms with E-state index in [-0.39, 0.29) is 6.42 Å². The number of anilines is 1. The highest BCUT2D eigenvalue weighted by Gasteiger charge is 2.11. The molecule has 0 radical (unpaired) electrons. The Hall–Kier alpha value is -2.41. The number of nitrogens with one attached hydrogen (secondary N) is 2. The Balaban J connectivity index is 2.46. The summed E-state index contributed by atoms with van der Waals surface area (Å²) in [7, 11) is 1.53. The van der Waals surface area contributed by atoms with Crippen molar-refractivity contribution in [2.75, 3.05) is 12.4 Å². The van der Waals surface area contributed by atoms with Gasteiger partial charge in [-0.1, -0.05) is 0 Å². The number of methoxy groups -OCH3 is 1. The van der Waals surface area contributed by atoms with Gasteiger partial charge in [-0.2, -0.15) is 0 Å². The monoisotopic (exact) mass is 265 g/mol. The highest BCUT2D eigenvalue weighted by molar-refractivity contribution is 6.01. The predicted molar refractivity (Wildman–Crippen MR) is 68.8 cm³/mol. The second-order valence-corrected chi connectivity index (χ2v) is 3.73. The van der Waals surface area contributed by atoms with E-state index in [1.54, 1.807) is 24.3 Å². The number of carbonyl (C=O) groups is 3. The molecule has 0 aliphatic rings. The third kappa shape index (κ3) is 5.17. The van der Waals surface area contributed by atoms with Crippen LogP contribution in [0.3, 0.4) is 0 Å². The molecule has 1 aromatic rings. The Morgan fingerprint density at radius 1 is 1.37 bits per heavy atom. The second-order valence-electron chi connectivity index (χ2n) is 3.73. The molecule has 0 heterocycles. The number of ether oxygens (including phenoxy) is 1. The van der Waals surface area contributed by atoms with Crippen LogP contribution in [-0.4, -0.2) is 31.4 Å². The van der Waals surface area contributed by atoms with E-state index in [0.29, 0.717) is 17.7 Å². The number of aldehydes is 1. The molecule has 0 saturated heterocycles. The first-order valence-corrected chi connectivity index (χ1v) is 5.51. The van der Waals surface area contributed by atoms with E-state index in [1.165, 1.54) is 7.11 Å². The van der Waals surface area contributed by atoms with E-state index in [0.717, 1.165) is 0 Å². The van der Waals surface area contributed by atoms with Crippen molar-refractivity contribution in [2.45, 2.75) is 12.5 Å². The van der Waals surface area contributed by atoms with Gasteiger partial charge in [-0.05, 0) is 24.3 Å². The minimum Gasteiger partial charge on any atom is -0.497 e. The number of nitrogens with two attached hydrogens (primary N) is 1. The molecule has 0 aliphatic heterocycles. The van der Waals surface area contributed by atoms with Gasteiger partial charge in [-0.15, -0.1) is 0 Å². The van der Waals surface area contributed by atoms with Gasteiger partial charge >= 0.3 is 6.03 Å². The average molecular weight is 265 g/mol. The lowest BCUT2D eigenvalue weighted by molar-refractivity contribution is -0.122.